The minimum Gasteiger partial charge on any atom is -0.495 e. The molecule has 0 aliphatic rings. The number of aromatic amines is 1. The van der Waals surface area contributed by atoms with Crippen LogP contribution in [-0.2, 0) is 11.3 Å². The van der Waals surface area contributed by atoms with Crippen LogP contribution in [-0.4, -0.2) is 28.0 Å². The Hall–Kier alpha value is -3.19. The first-order valence-corrected chi connectivity index (χ1v) is 9.42. The Kier molecular flexibility index (Phi) is 6.29. The molecule has 1 aromatic carbocycles. The summed E-state index contributed by atoms with van der Waals surface area (Å²) in [5.74, 6) is 0.748. The van der Waals surface area contributed by atoms with Gasteiger partial charge in [0.1, 0.15) is 11.6 Å². The van der Waals surface area contributed by atoms with Gasteiger partial charge in [-0.15, -0.1) is 0 Å². The smallest absolute Gasteiger partial charge is 0.251 e. The number of amides is 1. The van der Waals surface area contributed by atoms with E-state index in [0.29, 0.717) is 40.0 Å². The first-order chi connectivity index (χ1) is 13.9. The molecule has 0 saturated heterocycles. The van der Waals surface area contributed by atoms with E-state index in [-0.39, 0.29) is 17.4 Å². The summed E-state index contributed by atoms with van der Waals surface area (Å²) < 4.78 is 5.19. The molecule has 0 atom stereocenters. The Labute approximate surface area is 173 Å². The lowest BCUT2D eigenvalue weighted by Gasteiger charge is -2.11. The van der Waals surface area contributed by atoms with Gasteiger partial charge in [-0.3, -0.25) is 14.6 Å². The fourth-order valence-corrected chi connectivity index (χ4v) is 2.87. The SMILES string of the molecule is COc1cncc(-c2cc(=O)[nH]c(-c3cc(CNC(=O)C(C)C)ccc3Cl)n2)c1. The topological polar surface area (TPSA) is 97.0 Å². The maximum Gasteiger partial charge on any atom is 0.251 e. The highest BCUT2D eigenvalue weighted by molar-refractivity contribution is 6.33. The fourth-order valence-electron chi connectivity index (χ4n) is 2.66. The van der Waals surface area contributed by atoms with Gasteiger partial charge in [0.15, 0.2) is 0 Å². The van der Waals surface area contributed by atoms with Gasteiger partial charge in [-0.2, -0.15) is 0 Å². The number of benzene rings is 1. The first-order valence-electron chi connectivity index (χ1n) is 9.04. The first kappa shape index (κ1) is 20.5. The van der Waals surface area contributed by atoms with Crippen molar-refractivity contribution in [2.75, 3.05) is 7.11 Å². The third kappa shape index (κ3) is 5.00. The van der Waals surface area contributed by atoms with Crippen LogP contribution < -0.4 is 15.6 Å². The lowest BCUT2D eigenvalue weighted by molar-refractivity contribution is -0.124. The van der Waals surface area contributed by atoms with Crippen LogP contribution in [0.15, 0.2) is 47.5 Å². The van der Waals surface area contributed by atoms with Crippen molar-refractivity contribution in [1.29, 1.82) is 0 Å². The van der Waals surface area contributed by atoms with E-state index in [1.54, 1.807) is 37.7 Å². The molecule has 3 rings (SSSR count). The van der Waals surface area contributed by atoms with Crippen molar-refractivity contribution >= 4 is 17.5 Å². The highest BCUT2D eigenvalue weighted by Gasteiger charge is 2.12. The van der Waals surface area contributed by atoms with Crippen molar-refractivity contribution in [3.05, 3.63) is 63.7 Å². The number of hydrogen-bond donors (Lipinski definition) is 2. The second-order valence-corrected chi connectivity index (χ2v) is 7.19. The minimum absolute atomic E-state index is 0.0412. The molecule has 0 spiro atoms. The Morgan fingerprint density at radius 1 is 1.24 bits per heavy atom. The number of carbonyl (C=O) groups is 1. The number of nitrogens with zero attached hydrogens (tertiary/aromatic N) is 2. The highest BCUT2D eigenvalue weighted by atomic mass is 35.5. The molecule has 1 amide bonds. The second kappa shape index (κ2) is 8.87. The number of halogens is 1. The van der Waals surface area contributed by atoms with Crippen molar-refractivity contribution in [2.45, 2.75) is 20.4 Å². The predicted octanol–water partition coefficient (Wildman–Crippen LogP) is 3.43. The summed E-state index contributed by atoms with van der Waals surface area (Å²) in [6.07, 6.45) is 3.18. The van der Waals surface area contributed by atoms with Crippen LogP contribution in [0.3, 0.4) is 0 Å². The number of carbonyl (C=O) groups excluding carboxylic acids is 1. The van der Waals surface area contributed by atoms with Crippen LogP contribution in [0.25, 0.3) is 22.6 Å². The maximum absolute atomic E-state index is 12.3. The van der Waals surface area contributed by atoms with E-state index >= 15 is 0 Å². The molecule has 2 heterocycles. The van der Waals surface area contributed by atoms with Crippen LogP contribution in [0.4, 0.5) is 0 Å². The molecule has 0 aliphatic heterocycles. The van der Waals surface area contributed by atoms with E-state index in [1.807, 2.05) is 19.9 Å². The number of rotatable bonds is 6. The van der Waals surface area contributed by atoms with Crippen LogP contribution in [0.2, 0.25) is 5.02 Å². The van der Waals surface area contributed by atoms with Gasteiger partial charge < -0.3 is 15.0 Å². The maximum atomic E-state index is 12.3. The quantitative estimate of drug-likeness (QED) is 0.646. The van der Waals surface area contributed by atoms with Crippen LogP contribution in [0.1, 0.15) is 19.4 Å². The van der Waals surface area contributed by atoms with Crippen molar-refractivity contribution in [1.82, 2.24) is 20.3 Å². The van der Waals surface area contributed by atoms with Crippen LogP contribution in [0.5, 0.6) is 5.75 Å². The number of pyridine rings is 1. The van der Waals surface area contributed by atoms with Crippen LogP contribution >= 0.6 is 11.6 Å². The zero-order valence-electron chi connectivity index (χ0n) is 16.3. The molecule has 8 heteroatoms. The van der Waals surface area contributed by atoms with E-state index in [4.69, 9.17) is 16.3 Å². The molecule has 0 aliphatic carbocycles. The number of H-pyrrole nitrogens is 1. The summed E-state index contributed by atoms with van der Waals surface area (Å²) in [5.41, 5.74) is 2.19. The average Bonchev–Trinajstić information content (AvgIpc) is 2.72. The number of nitrogens with one attached hydrogen (secondary N) is 2. The normalized spacial score (nSPS) is 10.8. The average molecular weight is 413 g/mol. The van der Waals surface area contributed by atoms with E-state index in [1.165, 1.54) is 6.07 Å². The molecule has 0 radical (unpaired) electrons. The molecule has 150 valence electrons. The van der Waals surface area contributed by atoms with E-state index in [9.17, 15) is 9.59 Å². The van der Waals surface area contributed by atoms with Gasteiger partial charge in [0.05, 0.1) is 24.0 Å². The highest BCUT2D eigenvalue weighted by Crippen LogP contribution is 2.28. The molecule has 0 saturated carbocycles. The third-order valence-corrected chi connectivity index (χ3v) is 4.59. The lowest BCUT2D eigenvalue weighted by Crippen LogP contribution is -2.27. The molecule has 2 aromatic heterocycles. The summed E-state index contributed by atoms with van der Waals surface area (Å²) in [5, 5.41) is 3.30. The van der Waals surface area contributed by atoms with E-state index in [2.05, 4.69) is 20.3 Å². The summed E-state index contributed by atoms with van der Waals surface area (Å²) in [6, 6.07) is 8.47. The number of hydrogen-bond acceptors (Lipinski definition) is 5. The van der Waals surface area contributed by atoms with Gasteiger partial charge >= 0.3 is 0 Å². The number of methoxy groups -OCH3 is 1. The second-order valence-electron chi connectivity index (χ2n) is 6.78. The Balaban J connectivity index is 1.98. The Morgan fingerprint density at radius 3 is 2.76 bits per heavy atom. The van der Waals surface area contributed by atoms with Gasteiger partial charge in [-0.25, -0.2) is 4.98 Å². The molecule has 0 unspecified atom stereocenters. The summed E-state index contributed by atoms with van der Waals surface area (Å²) >= 11 is 6.36. The number of aromatic nitrogens is 3. The molecular weight excluding hydrogens is 392 g/mol. The summed E-state index contributed by atoms with van der Waals surface area (Å²) in [4.78, 5) is 35.5. The van der Waals surface area contributed by atoms with Gasteiger partial charge in [-0.05, 0) is 23.8 Å². The molecule has 2 N–H and O–H groups in total. The number of ether oxygens (including phenoxy) is 1. The molecule has 0 bridgehead atoms. The lowest BCUT2D eigenvalue weighted by atomic mass is 10.1. The van der Waals surface area contributed by atoms with Crippen LogP contribution in [0, 0.1) is 5.92 Å². The van der Waals surface area contributed by atoms with Crippen molar-refractivity contribution in [3.8, 4) is 28.4 Å². The largest absolute Gasteiger partial charge is 0.495 e. The molecular formula is C21H21ClN4O3. The summed E-state index contributed by atoms with van der Waals surface area (Å²) in [7, 11) is 1.54. The molecule has 7 nitrogen and oxygen atoms in total. The Bertz CT molecular complexity index is 1100. The fraction of sp³-hybridized carbons (Fsp3) is 0.238. The zero-order valence-corrected chi connectivity index (χ0v) is 17.1. The summed E-state index contributed by atoms with van der Waals surface area (Å²) in [6.45, 7) is 4.01. The van der Waals surface area contributed by atoms with Gasteiger partial charge in [0, 0.05) is 35.9 Å². The van der Waals surface area contributed by atoms with Gasteiger partial charge in [0.2, 0.25) is 5.91 Å². The van der Waals surface area contributed by atoms with E-state index in [0.717, 1.165) is 5.56 Å². The molecule has 29 heavy (non-hydrogen) atoms. The van der Waals surface area contributed by atoms with E-state index < -0.39 is 0 Å². The van der Waals surface area contributed by atoms with Gasteiger partial charge in [-0.1, -0.05) is 31.5 Å². The molecule has 3 aromatic rings. The predicted molar refractivity (Wildman–Crippen MR) is 112 cm³/mol. The minimum atomic E-state index is -0.317. The van der Waals surface area contributed by atoms with Gasteiger partial charge in [0.25, 0.3) is 5.56 Å². The van der Waals surface area contributed by atoms with Crippen molar-refractivity contribution < 1.29 is 9.53 Å². The third-order valence-electron chi connectivity index (χ3n) is 4.26. The van der Waals surface area contributed by atoms with Crippen molar-refractivity contribution in [3.63, 3.8) is 0 Å². The standard InChI is InChI=1S/C21H21ClN4O3/c1-12(2)21(28)24-9-13-4-5-17(22)16(6-13)20-25-18(8-19(27)26-20)14-7-15(29-3)11-23-10-14/h4-8,10-12H,9H2,1-3H3,(H,24,28)(H,25,26,27). The zero-order chi connectivity index (χ0) is 21.0. The van der Waals surface area contributed by atoms with Crippen molar-refractivity contribution in [2.24, 2.45) is 5.92 Å². The molecule has 0 fully saturated rings. The Morgan fingerprint density at radius 2 is 2.03 bits per heavy atom. The monoisotopic (exact) mass is 412 g/mol.